The molecule has 0 unspecified atom stereocenters. The summed E-state index contributed by atoms with van der Waals surface area (Å²) in [7, 11) is 0. The van der Waals surface area contributed by atoms with Crippen LogP contribution in [0.4, 0.5) is 0 Å². The van der Waals surface area contributed by atoms with Crippen LogP contribution in [0.5, 0.6) is 0 Å². The third-order valence-electron chi connectivity index (χ3n) is 5.09. The lowest BCUT2D eigenvalue weighted by Crippen LogP contribution is -2.50. The Morgan fingerprint density at radius 3 is 2.96 bits per heavy atom. The van der Waals surface area contributed by atoms with E-state index >= 15 is 0 Å². The molecule has 1 amide bonds. The SMILES string of the molecule is CCN1CCN(C(=O)CC[C@@H]2CC[C@@H](C)O2)C[C@@H]1c1ncc[nH]1. The maximum Gasteiger partial charge on any atom is 0.222 e. The van der Waals surface area contributed by atoms with Gasteiger partial charge in [0, 0.05) is 38.4 Å². The molecule has 3 rings (SSSR count). The molecule has 0 saturated carbocycles. The fourth-order valence-electron chi connectivity index (χ4n) is 3.68. The number of imidazole rings is 1. The smallest absolute Gasteiger partial charge is 0.222 e. The number of nitrogens with one attached hydrogen (secondary N) is 1. The first-order valence-electron chi connectivity index (χ1n) is 8.84. The van der Waals surface area contributed by atoms with Gasteiger partial charge in [-0.2, -0.15) is 0 Å². The molecular formula is C17H28N4O2. The van der Waals surface area contributed by atoms with Crippen LogP contribution < -0.4 is 0 Å². The quantitative estimate of drug-likeness (QED) is 0.901. The number of amides is 1. The summed E-state index contributed by atoms with van der Waals surface area (Å²) in [5, 5.41) is 0. The summed E-state index contributed by atoms with van der Waals surface area (Å²) in [5.41, 5.74) is 0. The number of ether oxygens (including phenoxy) is 1. The number of aromatic nitrogens is 2. The van der Waals surface area contributed by atoms with Crippen molar-refractivity contribution in [1.82, 2.24) is 19.8 Å². The Kier molecular flexibility index (Phi) is 5.33. The second-order valence-corrected chi connectivity index (χ2v) is 6.64. The van der Waals surface area contributed by atoms with Crippen LogP contribution >= 0.6 is 0 Å². The molecule has 1 aromatic heterocycles. The van der Waals surface area contributed by atoms with Gasteiger partial charge >= 0.3 is 0 Å². The lowest BCUT2D eigenvalue weighted by molar-refractivity contribution is -0.135. The van der Waals surface area contributed by atoms with Crippen molar-refractivity contribution < 1.29 is 9.53 Å². The van der Waals surface area contributed by atoms with Crippen molar-refractivity contribution in [2.75, 3.05) is 26.2 Å². The zero-order valence-corrected chi connectivity index (χ0v) is 14.2. The van der Waals surface area contributed by atoms with E-state index in [0.717, 1.165) is 51.3 Å². The monoisotopic (exact) mass is 320 g/mol. The number of carbonyl (C=O) groups is 1. The van der Waals surface area contributed by atoms with Crippen molar-refractivity contribution in [3.05, 3.63) is 18.2 Å². The summed E-state index contributed by atoms with van der Waals surface area (Å²) < 4.78 is 5.82. The van der Waals surface area contributed by atoms with Crippen LogP contribution in [0.1, 0.15) is 51.4 Å². The first-order valence-corrected chi connectivity index (χ1v) is 8.84. The Balaban J connectivity index is 1.54. The van der Waals surface area contributed by atoms with Crippen LogP contribution in [0.15, 0.2) is 12.4 Å². The number of nitrogens with zero attached hydrogens (tertiary/aromatic N) is 3. The molecule has 23 heavy (non-hydrogen) atoms. The number of hydrogen-bond donors (Lipinski definition) is 1. The predicted octanol–water partition coefficient (Wildman–Crippen LogP) is 1.96. The van der Waals surface area contributed by atoms with E-state index in [-0.39, 0.29) is 18.1 Å². The standard InChI is InChI=1S/C17H28N4O2/c1-3-20-10-11-21(12-15(20)17-18-8-9-19-17)16(22)7-6-14-5-4-13(2)23-14/h8-9,13-15H,3-7,10-12H2,1-2H3,(H,18,19)/t13-,14+,15-/m1/s1. The van der Waals surface area contributed by atoms with E-state index in [1.807, 2.05) is 11.1 Å². The van der Waals surface area contributed by atoms with Gasteiger partial charge in [0.15, 0.2) is 0 Å². The molecule has 2 aliphatic rings. The molecule has 6 heteroatoms. The van der Waals surface area contributed by atoms with Crippen molar-refractivity contribution >= 4 is 5.91 Å². The van der Waals surface area contributed by atoms with Gasteiger partial charge in [-0.25, -0.2) is 4.98 Å². The van der Waals surface area contributed by atoms with Crippen molar-refractivity contribution in [3.63, 3.8) is 0 Å². The van der Waals surface area contributed by atoms with Gasteiger partial charge in [0.05, 0.1) is 18.2 Å². The van der Waals surface area contributed by atoms with Gasteiger partial charge in [0.1, 0.15) is 5.82 Å². The highest BCUT2D eigenvalue weighted by molar-refractivity contribution is 5.76. The summed E-state index contributed by atoms with van der Waals surface area (Å²) in [5.74, 6) is 1.21. The molecular weight excluding hydrogens is 292 g/mol. The van der Waals surface area contributed by atoms with E-state index in [1.54, 1.807) is 6.20 Å². The van der Waals surface area contributed by atoms with Gasteiger partial charge in [-0.15, -0.1) is 0 Å². The number of aromatic amines is 1. The van der Waals surface area contributed by atoms with E-state index in [1.165, 1.54) is 0 Å². The zero-order chi connectivity index (χ0) is 16.2. The fourth-order valence-corrected chi connectivity index (χ4v) is 3.68. The predicted molar refractivity (Wildman–Crippen MR) is 88.0 cm³/mol. The van der Waals surface area contributed by atoms with Crippen molar-refractivity contribution in [2.24, 2.45) is 0 Å². The van der Waals surface area contributed by atoms with Crippen molar-refractivity contribution in [2.45, 2.75) is 57.8 Å². The molecule has 6 nitrogen and oxygen atoms in total. The van der Waals surface area contributed by atoms with Crippen LogP contribution in [0.3, 0.4) is 0 Å². The zero-order valence-electron chi connectivity index (χ0n) is 14.2. The molecule has 128 valence electrons. The van der Waals surface area contributed by atoms with E-state index in [2.05, 4.69) is 28.7 Å². The molecule has 2 fully saturated rings. The molecule has 0 aromatic carbocycles. The lowest BCUT2D eigenvalue weighted by Gasteiger charge is -2.40. The highest BCUT2D eigenvalue weighted by atomic mass is 16.5. The van der Waals surface area contributed by atoms with Gasteiger partial charge in [0.25, 0.3) is 0 Å². The average Bonchev–Trinajstić information content (AvgIpc) is 3.23. The van der Waals surface area contributed by atoms with E-state index in [9.17, 15) is 4.79 Å². The third-order valence-corrected chi connectivity index (χ3v) is 5.09. The van der Waals surface area contributed by atoms with Crippen LogP contribution in [0, 0.1) is 0 Å². The topological polar surface area (TPSA) is 61.5 Å². The molecule has 2 aliphatic heterocycles. The number of piperazine rings is 1. The van der Waals surface area contributed by atoms with Gasteiger partial charge in [-0.05, 0) is 32.7 Å². The van der Waals surface area contributed by atoms with E-state index in [0.29, 0.717) is 12.5 Å². The highest BCUT2D eigenvalue weighted by Gasteiger charge is 2.31. The van der Waals surface area contributed by atoms with Crippen LogP contribution in [-0.4, -0.2) is 64.1 Å². The summed E-state index contributed by atoms with van der Waals surface area (Å²) >= 11 is 0. The maximum atomic E-state index is 12.6. The first-order chi connectivity index (χ1) is 11.2. The molecule has 2 saturated heterocycles. The van der Waals surface area contributed by atoms with Gasteiger partial charge < -0.3 is 14.6 Å². The molecule has 1 N–H and O–H groups in total. The molecule has 3 atom stereocenters. The number of carbonyl (C=O) groups excluding carboxylic acids is 1. The minimum absolute atomic E-state index is 0.176. The fraction of sp³-hybridized carbons (Fsp3) is 0.765. The van der Waals surface area contributed by atoms with Crippen LogP contribution in [0.25, 0.3) is 0 Å². The Labute approximate surface area is 138 Å². The van der Waals surface area contributed by atoms with Crippen molar-refractivity contribution in [1.29, 1.82) is 0 Å². The highest BCUT2D eigenvalue weighted by Crippen LogP contribution is 2.25. The van der Waals surface area contributed by atoms with Crippen LogP contribution in [0.2, 0.25) is 0 Å². The van der Waals surface area contributed by atoms with Crippen molar-refractivity contribution in [3.8, 4) is 0 Å². The largest absolute Gasteiger partial charge is 0.375 e. The average molecular weight is 320 g/mol. The number of likely N-dealkylation sites (N-methyl/N-ethyl adjacent to an activating group) is 1. The second kappa shape index (κ2) is 7.45. The summed E-state index contributed by atoms with van der Waals surface area (Å²) in [6.07, 6.45) is 7.90. The Bertz CT molecular complexity index is 505. The molecule has 1 aromatic rings. The van der Waals surface area contributed by atoms with E-state index in [4.69, 9.17) is 4.74 Å². The normalized spacial score (nSPS) is 29.1. The maximum absolute atomic E-state index is 12.6. The molecule has 3 heterocycles. The summed E-state index contributed by atoms with van der Waals surface area (Å²) in [4.78, 5) is 24.5. The molecule has 0 aliphatic carbocycles. The van der Waals surface area contributed by atoms with Gasteiger partial charge in [-0.3, -0.25) is 9.69 Å². The third kappa shape index (κ3) is 3.93. The number of H-pyrrole nitrogens is 1. The molecule has 0 radical (unpaired) electrons. The Hall–Kier alpha value is -1.40. The minimum atomic E-state index is 0.176. The summed E-state index contributed by atoms with van der Waals surface area (Å²) in [6.45, 7) is 7.69. The lowest BCUT2D eigenvalue weighted by atomic mass is 10.1. The number of rotatable bonds is 5. The Morgan fingerprint density at radius 1 is 1.43 bits per heavy atom. The van der Waals surface area contributed by atoms with Gasteiger partial charge in [0.2, 0.25) is 5.91 Å². The molecule has 0 bridgehead atoms. The first kappa shape index (κ1) is 16.5. The van der Waals surface area contributed by atoms with Crippen LogP contribution in [-0.2, 0) is 9.53 Å². The van der Waals surface area contributed by atoms with Gasteiger partial charge in [-0.1, -0.05) is 6.92 Å². The second-order valence-electron chi connectivity index (χ2n) is 6.64. The Morgan fingerprint density at radius 2 is 2.30 bits per heavy atom. The minimum Gasteiger partial charge on any atom is -0.375 e. The number of hydrogen-bond acceptors (Lipinski definition) is 4. The molecule has 0 spiro atoms. The van der Waals surface area contributed by atoms with E-state index < -0.39 is 0 Å². The summed E-state index contributed by atoms with van der Waals surface area (Å²) in [6, 6.07) is 0.176.